The van der Waals surface area contributed by atoms with E-state index >= 15 is 0 Å². The van der Waals surface area contributed by atoms with Gasteiger partial charge in [0.1, 0.15) is 0 Å². The third-order valence-electron chi connectivity index (χ3n) is 1.62. The first-order valence-corrected chi connectivity index (χ1v) is 4.80. The number of unbranched alkanes of at least 4 members (excludes halogenated alkanes) is 1. The van der Waals surface area contributed by atoms with Crippen LogP contribution < -0.4 is 5.32 Å². The smallest absolute Gasteiger partial charge is 0.0700 e. The van der Waals surface area contributed by atoms with Gasteiger partial charge < -0.3 is 14.8 Å². The lowest BCUT2D eigenvalue weighted by Crippen LogP contribution is -2.21. The van der Waals surface area contributed by atoms with Gasteiger partial charge in [0.05, 0.1) is 19.8 Å². The van der Waals surface area contributed by atoms with Crippen LogP contribution in [0.4, 0.5) is 0 Å². The number of hydrogen-bond donors (Lipinski definition) is 1. The van der Waals surface area contributed by atoms with E-state index < -0.39 is 0 Å². The highest BCUT2D eigenvalue weighted by molar-refractivity contribution is 4.66. The van der Waals surface area contributed by atoms with Gasteiger partial charge in [-0.05, 0) is 19.4 Å². The maximum Gasteiger partial charge on any atom is 0.0700 e. The third kappa shape index (κ3) is 11.6. The standard InChI is InChI=1S/C10H21NO2/c1-3-4-5-6-11-7-8-13-10-9-12-2/h3,11H,1,4-10H2,2H3. The SMILES string of the molecule is C=CCCCNCCOCCOC. The van der Waals surface area contributed by atoms with E-state index in [0.717, 1.165) is 32.5 Å². The summed E-state index contributed by atoms with van der Waals surface area (Å²) < 4.78 is 10.1. The van der Waals surface area contributed by atoms with Crippen molar-refractivity contribution >= 4 is 0 Å². The van der Waals surface area contributed by atoms with Crippen LogP contribution in [0.25, 0.3) is 0 Å². The Labute approximate surface area is 81.1 Å². The molecule has 0 radical (unpaired) electrons. The van der Waals surface area contributed by atoms with E-state index in [1.807, 2.05) is 6.08 Å². The van der Waals surface area contributed by atoms with Gasteiger partial charge in [-0.1, -0.05) is 6.08 Å². The lowest BCUT2D eigenvalue weighted by Gasteiger charge is -2.04. The zero-order valence-electron chi connectivity index (χ0n) is 8.55. The van der Waals surface area contributed by atoms with Crippen molar-refractivity contribution in [1.29, 1.82) is 0 Å². The molecule has 1 N–H and O–H groups in total. The van der Waals surface area contributed by atoms with Crippen LogP contribution in [0.5, 0.6) is 0 Å². The molecule has 0 aliphatic rings. The number of hydrogen-bond acceptors (Lipinski definition) is 3. The third-order valence-corrected chi connectivity index (χ3v) is 1.62. The molecule has 78 valence electrons. The van der Waals surface area contributed by atoms with E-state index in [4.69, 9.17) is 9.47 Å². The largest absolute Gasteiger partial charge is 0.382 e. The van der Waals surface area contributed by atoms with Gasteiger partial charge in [-0.25, -0.2) is 0 Å². The summed E-state index contributed by atoms with van der Waals surface area (Å²) in [6.07, 6.45) is 4.18. The van der Waals surface area contributed by atoms with Crippen LogP contribution in [0.2, 0.25) is 0 Å². The molecule has 0 atom stereocenters. The fourth-order valence-electron chi connectivity index (χ4n) is 0.885. The Morgan fingerprint density at radius 1 is 1.23 bits per heavy atom. The van der Waals surface area contributed by atoms with Crippen molar-refractivity contribution in [2.24, 2.45) is 0 Å². The lowest BCUT2D eigenvalue weighted by atomic mass is 10.3. The average Bonchev–Trinajstić information content (AvgIpc) is 2.16. The van der Waals surface area contributed by atoms with E-state index in [2.05, 4.69) is 11.9 Å². The molecular weight excluding hydrogens is 166 g/mol. The van der Waals surface area contributed by atoms with E-state index in [0.29, 0.717) is 13.2 Å². The second-order valence-electron chi connectivity index (χ2n) is 2.79. The predicted octanol–water partition coefficient (Wildman–Crippen LogP) is 1.21. The van der Waals surface area contributed by atoms with Crippen LogP contribution in [-0.2, 0) is 9.47 Å². The van der Waals surface area contributed by atoms with Gasteiger partial charge in [-0.3, -0.25) is 0 Å². The molecule has 0 spiro atoms. The Morgan fingerprint density at radius 3 is 2.77 bits per heavy atom. The van der Waals surface area contributed by atoms with Crippen LogP contribution in [0, 0.1) is 0 Å². The molecule has 3 heteroatoms. The van der Waals surface area contributed by atoms with Gasteiger partial charge in [0.15, 0.2) is 0 Å². The van der Waals surface area contributed by atoms with Gasteiger partial charge in [0, 0.05) is 13.7 Å². The summed E-state index contributed by atoms with van der Waals surface area (Å²) in [6.45, 7) is 7.74. The van der Waals surface area contributed by atoms with Crippen molar-refractivity contribution in [1.82, 2.24) is 5.32 Å². The summed E-state index contributed by atoms with van der Waals surface area (Å²) in [5.41, 5.74) is 0. The first-order valence-electron chi connectivity index (χ1n) is 4.80. The van der Waals surface area contributed by atoms with Crippen LogP contribution >= 0.6 is 0 Å². The van der Waals surface area contributed by atoms with Crippen LogP contribution in [-0.4, -0.2) is 40.0 Å². The Morgan fingerprint density at radius 2 is 2.08 bits per heavy atom. The molecule has 0 saturated carbocycles. The Balaban J connectivity index is 2.79. The van der Waals surface area contributed by atoms with Crippen molar-refractivity contribution in [3.8, 4) is 0 Å². The fraction of sp³-hybridized carbons (Fsp3) is 0.800. The van der Waals surface area contributed by atoms with Gasteiger partial charge in [0.25, 0.3) is 0 Å². The van der Waals surface area contributed by atoms with E-state index in [-0.39, 0.29) is 0 Å². The molecule has 0 saturated heterocycles. The summed E-state index contributed by atoms with van der Waals surface area (Å²) in [4.78, 5) is 0. The summed E-state index contributed by atoms with van der Waals surface area (Å²) in [5.74, 6) is 0. The van der Waals surface area contributed by atoms with E-state index in [9.17, 15) is 0 Å². The second kappa shape index (κ2) is 11.6. The van der Waals surface area contributed by atoms with Crippen molar-refractivity contribution < 1.29 is 9.47 Å². The monoisotopic (exact) mass is 187 g/mol. The van der Waals surface area contributed by atoms with Gasteiger partial charge in [-0.15, -0.1) is 6.58 Å². The van der Waals surface area contributed by atoms with Crippen molar-refractivity contribution in [2.45, 2.75) is 12.8 Å². The molecule has 0 aromatic heterocycles. The average molecular weight is 187 g/mol. The minimum absolute atomic E-state index is 0.677. The molecule has 0 aromatic carbocycles. The van der Waals surface area contributed by atoms with Crippen molar-refractivity contribution in [3.05, 3.63) is 12.7 Å². The first-order chi connectivity index (χ1) is 6.41. The lowest BCUT2D eigenvalue weighted by molar-refractivity contribution is 0.0720. The highest BCUT2D eigenvalue weighted by Crippen LogP contribution is 1.85. The van der Waals surface area contributed by atoms with Crippen LogP contribution in [0.15, 0.2) is 12.7 Å². The van der Waals surface area contributed by atoms with E-state index in [1.54, 1.807) is 7.11 Å². The predicted molar refractivity (Wildman–Crippen MR) is 55.0 cm³/mol. The van der Waals surface area contributed by atoms with Crippen molar-refractivity contribution in [3.63, 3.8) is 0 Å². The molecule has 0 unspecified atom stereocenters. The molecular formula is C10H21NO2. The number of nitrogens with one attached hydrogen (secondary N) is 1. The molecule has 0 heterocycles. The number of ether oxygens (including phenoxy) is 2. The van der Waals surface area contributed by atoms with E-state index in [1.165, 1.54) is 0 Å². The highest BCUT2D eigenvalue weighted by atomic mass is 16.5. The van der Waals surface area contributed by atoms with Crippen molar-refractivity contribution in [2.75, 3.05) is 40.0 Å². The Bertz CT molecular complexity index is 107. The van der Waals surface area contributed by atoms with Crippen LogP contribution in [0.3, 0.4) is 0 Å². The quantitative estimate of drug-likeness (QED) is 0.412. The van der Waals surface area contributed by atoms with Gasteiger partial charge >= 0.3 is 0 Å². The molecule has 13 heavy (non-hydrogen) atoms. The van der Waals surface area contributed by atoms with Gasteiger partial charge in [-0.2, -0.15) is 0 Å². The van der Waals surface area contributed by atoms with Gasteiger partial charge in [0.2, 0.25) is 0 Å². The maximum atomic E-state index is 5.27. The Hall–Kier alpha value is -0.380. The highest BCUT2D eigenvalue weighted by Gasteiger charge is 1.88. The summed E-state index contributed by atoms with van der Waals surface area (Å²) in [7, 11) is 1.68. The molecule has 0 rings (SSSR count). The molecule has 0 amide bonds. The maximum absolute atomic E-state index is 5.27. The number of rotatable bonds is 10. The first kappa shape index (κ1) is 12.6. The molecule has 0 aromatic rings. The Kier molecular flexibility index (Phi) is 11.3. The molecule has 3 nitrogen and oxygen atoms in total. The number of allylic oxidation sites excluding steroid dienone is 1. The molecule has 0 bridgehead atoms. The number of methoxy groups -OCH3 is 1. The summed E-state index contributed by atoms with van der Waals surface area (Å²) in [5, 5.41) is 3.28. The van der Waals surface area contributed by atoms with Crippen LogP contribution in [0.1, 0.15) is 12.8 Å². The topological polar surface area (TPSA) is 30.5 Å². The minimum atomic E-state index is 0.677. The summed E-state index contributed by atoms with van der Waals surface area (Å²) >= 11 is 0. The summed E-state index contributed by atoms with van der Waals surface area (Å²) in [6, 6.07) is 0. The second-order valence-corrected chi connectivity index (χ2v) is 2.79. The minimum Gasteiger partial charge on any atom is -0.382 e. The molecule has 0 aliphatic heterocycles. The molecule has 0 fully saturated rings. The fourth-order valence-corrected chi connectivity index (χ4v) is 0.885. The zero-order valence-corrected chi connectivity index (χ0v) is 8.55. The normalized spacial score (nSPS) is 10.2. The molecule has 0 aliphatic carbocycles. The zero-order chi connectivity index (χ0) is 9.78.